The molecule has 7 nitrogen and oxygen atoms in total. The number of carbonyl (C=O) groups excluding carboxylic acids is 1. The largest absolute Gasteiger partial charge is 0.369 e. The minimum Gasteiger partial charge on any atom is -0.369 e. The van der Waals surface area contributed by atoms with Crippen molar-refractivity contribution in [2.45, 2.75) is 33.0 Å². The first-order valence-corrected chi connectivity index (χ1v) is 10.2. The van der Waals surface area contributed by atoms with E-state index in [-0.39, 0.29) is 18.0 Å². The van der Waals surface area contributed by atoms with Crippen molar-refractivity contribution in [1.82, 2.24) is 10.2 Å². The van der Waals surface area contributed by atoms with Gasteiger partial charge in [0.15, 0.2) is 5.78 Å². The van der Waals surface area contributed by atoms with E-state index in [4.69, 9.17) is 4.99 Å². The number of piperazine rings is 1. The first-order valence-electron chi connectivity index (χ1n) is 10.2. The summed E-state index contributed by atoms with van der Waals surface area (Å²) in [5.74, 6) is 0.782. The fourth-order valence-electron chi connectivity index (χ4n) is 3.79. The molecule has 0 aliphatic carbocycles. The fraction of sp³-hybridized carbons (Fsp3) is 0.500. The van der Waals surface area contributed by atoms with Crippen molar-refractivity contribution in [1.29, 1.82) is 0 Å². The second-order valence-electron chi connectivity index (χ2n) is 8.99. The van der Waals surface area contributed by atoms with Crippen LogP contribution in [-0.2, 0) is 4.79 Å². The normalized spacial score (nSPS) is 24.5. The van der Waals surface area contributed by atoms with Gasteiger partial charge in [0.2, 0.25) is 0 Å². The number of carbonyl (C=O) groups is 1. The zero-order chi connectivity index (χ0) is 20.6. The Bertz CT molecular complexity index is 856. The molecule has 1 aromatic carbocycles. The molecule has 2 atom stereocenters. The summed E-state index contributed by atoms with van der Waals surface area (Å²) in [5.41, 5.74) is 2.46. The Balaban J connectivity index is 1.44. The highest BCUT2D eigenvalue weighted by molar-refractivity contribution is 6.35. The van der Waals surface area contributed by atoms with Crippen molar-refractivity contribution < 1.29 is 4.79 Å². The van der Waals surface area contributed by atoms with Crippen LogP contribution in [0, 0.1) is 5.41 Å². The van der Waals surface area contributed by atoms with Crippen LogP contribution < -0.4 is 15.5 Å². The van der Waals surface area contributed by atoms with Gasteiger partial charge in [0.1, 0.15) is 18.0 Å². The number of nitrogens with one attached hydrogen (secondary N) is 2. The molecule has 0 aromatic heterocycles. The summed E-state index contributed by atoms with van der Waals surface area (Å²) in [5, 5.41) is 6.50. The number of ketones is 1. The van der Waals surface area contributed by atoms with Crippen LogP contribution in [0.1, 0.15) is 20.8 Å². The number of aliphatic imine (C=N–C) groups is 2. The molecule has 1 aromatic rings. The van der Waals surface area contributed by atoms with Crippen LogP contribution in [0.25, 0.3) is 0 Å². The number of Topliss-reactive ketones (excluding diaryl/α,β-unsaturated/α-hetero) is 1. The number of amidine groups is 1. The summed E-state index contributed by atoms with van der Waals surface area (Å²) < 4.78 is 0. The van der Waals surface area contributed by atoms with E-state index in [1.807, 2.05) is 20.8 Å². The van der Waals surface area contributed by atoms with Crippen LogP contribution in [0.3, 0.4) is 0 Å². The molecule has 2 N–H and O–H groups in total. The van der Waals surface area contributed by atoms with Crippen molar-refractivity contribution in [3.05, 3.63) is 36.0 Å². The first kappa shape index (κ1) is 19.6. The average molecular weight is 395 g/mol. The average Bonchev–Trinajstić information content (AvgIpc) is 3.11. The van der Waals surface area contributed by atoms with Gasteiger partial charge in [0, 0.05) is 54.7 Å². The molecule has 0 spiro atoms. The van der Waals surface area contributed by atoms with Gasteiger partial charge in [0.05, 0.1) is 6.21 Å². The minimum atomic E-state index is -0.439. The van der Waals surface area contributed by atoms with Gasteiger partial charge in [-0.05, 0) is 31.3 Å². The maximum Gasteiger partial charge on any atom is 0.167 e. The lowest BCUT2D eigenvalue weighted by Crippen LogP contribution is -2.44. The molecule has 0 radical (unpaired) electrons. The highest BCUT2D eigenvalue weighted by atomic mass is 16.1. The van der Waals surface area contributed by atoms with Gasteiger partial charge in [0.25, 0.3) is 0 Å². The predicted molar refractivity (Wildman–Crippen MR) is 119 cm³/mol. The van der Waals surface area contributed by atoms with E-state index in [1.165, 1.54) is 5.69 Å². The smallest absolute Gasteiger partial charge is 0.167 e. The molecule has 0 saturated carbocycles. The maximum absolute atomic E-state index is 12.7. The van der Waals surface area contributed by atoms with E-state index < -0.39 is 5.41 Å². The van der Waals surface area contributed by atoms with Gasteiger partial charge >= 0.3 is 0 Å². The van der Waals surface area contributed by atoms with E-state index in [1.54, 1.807) is 12.4 Å². The SMILES string of the molecule is CN1CCN(c2ccc(NC3=NC4C(C(=O)C(C)(C)C)=CNC4N=C3)cc2)CC1. The lowest BCUT2D eigenvalue weighted by Gasteiger charge is -2.34. The Labute approximate surface area is 172 Å². The molecular weight excluding hydrogens is 364 g/mol. The number of hydrogen-bond donors (Lipinski definition) is 2. The summed E-state index contributed by atoms with van der Waals surface area (Å²) in [4.78, 5) is 26.8. The number of likely N-dealkylation sites (N-methyl/N-ethyl adjacent to an activating group) is 1. The number of anilines is 2. The Morgan fingerprint density at radius 3 is 2.48 bits per heavy atom. The van der Waals surface area contributed by atoms with Crippen LogP contribution in [0.15, 0.2) is 46.0 Å². The molecule has 3 aliphatic rings. The third-order valence-corrected chi connectivity index (χ3v) is 5.61. The first-order chi connectivity index (χ1) is 13.8. The lowest BCUT2D eigenvalue weighted by atomic mass is 9.84. The predicted octanol–water partition coefficient (Wildman–Crippen LogP) is 2.13. The number of hydrogen-bond acceptors (Lipinski definition) is 7. The van der Waals surface area contributed by atoms with E-state index in [0.717, 1.165) is 31.9 Å². The standard InChI is InChI=1S/C22H30N6O/c1-22(2,3)20(29)17-13-23-21-19(17)26-18(14-24-21)25-15-5-7-16(8-6-15)28-11-9-27(4)10-12-28/h5-8,13-14,19,21,23H,9-12H2,1-4H3,(H,25,26). The topological polar surface area (TPSA) is 72.3 Å². The summed E-state index contributed by atoms with van der Waals surface area (Å²) in [6.07, 6.45) is 3.32. The van der Waals surface area contributed by atoms with Crippen molar-refractivity contribution >= 4 is 29.2 Å². The van der Waals surface area contributed by atoms with Gasteiger partial charge < -0.3 is 20.4 Å². The molecule has 3 heterocycles. The second-order valence-corrected chi connectivity index (χ2v) is 8.99. The molecule has 154 valence electrons. The van der Waals surface area contributed by atoms with Crippen molar-refractivity contribution in [2.24, 2.45) is 15.4 Å². The third-order valence-electron chi connectivity index (χ3n) is 5.61. The van der Waals surface area contributed by atoms with E-state index >= 15 is 0 Å². The molecule has 2 unspecified atom stereocenters. The Hall–Kier alpha value is -2.67. The van der Waals surface area contributed by atoms with Gasteiger partial charge in [-0.3, -0.25) is 14.8 Å². The van der Waals surface area contributed by atoms with Gasteiger partial charge in [-0.1, -0.05) is 20.8 Å². The molecular formula is C22H30N6O. The van der Waals surface area contributed by atoms with Crippen LogP contribution in [-0.4, -0.2) is 68.2 Å². The number of fused-ring (bicyclic) bond motifs is 1. The Morgan fingerprint density at radius 1 is 1.14 bits per heavy atom. The molecule has 1 fully saturated rings. The highest BCUT2D eigenvalue weighted by Gasteiger charge is 2.38. The monoisotopic (exact) mass is 394 g/mol. The summed E-state index contributed by atoms with van der Waals surface area (Å²) in [7, 11) is 2.16. The molecule has 29 heavy (non-hydrogen) atoms. The second kappa shape index (κ2) is 7.63. The van der Waals surface area contributed by atoms with Crippen LogP contribution in [0.5, 0.6) is 0 Å². The molecule has 3 aliphatic heterocycles. The molecule has 0 bridgehead atoms. The minimum absolute atomic E-state index is 0.106. The zero-order valence-electron chi connectivity index (χ0n) is 17.6. The van der Waals surface area contributed by atoms with Gasteiger partial charge in [-0.2, -0.15) is 0 Å². The quantitative estimate of drug-likeness (QED) is 0.822. The maximum atomic E-state index is 12.7. The molecule has 7 heteroatoms. The van der Waals surface area contributed by atoms with Crippen LogP contribution >= 0.6 is 0 Å². The van der Waals surface area contributed by atoms with Crippen molar-refractivity contribution in [3.63, 3.8) is 0 Å². The van der Waals surface area contributed by atoms with Crippen LogP contribution in [0.2, 0.25) is 0 Å². The third kappa shape index (κ3) is 4.19. The number of nitrogens with zero attached hydrogens (tertiary/aromatic N) is 4. The summed E-state index contributed by atoms with van der Waals surface area (Å²) in [6, 6.07) is 8.14. The summed E-state index contributed by atoms with van der Waals surface area (Å²) >= 11 is 0. The van der Waals surface area contributed by atoms with Crippen molar-refractivity contribution in [2.75, 3.05) is 43.4 Å². The Morgan fingerprint density at radius 2 is 1.83 bits per heavy atom. The lowest BCUT2D eigenvalue weighted by molar-refractivity contribution is -0.122. The van der Waals surface area contributed by atoms with Gasteiger partial charge in [-0.25, -0.2) is 0 Å². The zero-order valence-corrected chi connectivity index (χ0v) is 17.6. The van der Waals surface area contributed by atoms with Crippen molar-refractivity contribution in [3.8, 4) is 0 Å². The molecule has 4 rings (SSSR count). The fourth-order valence-corrected chi connectivity index (χ4v) is 3.79. The van der Waals surface area contributed by atoms with Crippen LogP contribution in [0.4, 0.5) is 11.4 Å². The molecule has 0 amide bonds. The Kier molecular flexibility index (Phi) is 5.17. The number of benzene rings is 1. The van der Waals surface area contributed by atoms with E-state index in [9.17, 15) is 4.79 Å². The van der Waals surface area contributed by atoms with E-state index in [0.29, 0.717) is 11.4 Å². The highest BCUT2D eigenvalue weighted by Crippen LogP contribution is 2.29. The van der Waals surface area contributed by atoms with Gasteiger partial charge in [-0.15, -0.1) is 0 Å². The van der Waals surface area contributed by atoms with E-state index in [2.05, 4.69) is 56.7 Å². The molecule has 1 saturated heterocycles. The number of rotatable bonds is 3. The summed E-state index contributed by atoms with van der Waals surface area (Å²) in [6.45, 7) is 10.1.